The van der Waals surface area contributed by atoms with Gasteiger partial charge < -0.3 is 15.2 Å². The average molecular weight is 183 g/mol. The Hall–Kier alpha value is -1.07. The molecule has 1 aliphatic rings. The normalized spacial score (nSPS) is 22.3. The first-order valence-electron chi connectivity index (χ1n) is 4.36. The highest BCUT2D eigenvalue weighted by atomic mass is 16.7. The third-order valence-electron chi connectivity index (χ3n) is 1.93. The standard InChI is InChI=1S/C8H13N3O2/c9-7-4-10-11(5-7)6-13-8-2-1-3-12-8/h4-5,8H,1-3,6,9H2. The van der Waals surface area contributed by atoms with Crippen molar-refractivity contribution < 1.29 is 9.47 Å². The molecule has 2 rings (SSSR count). The number of anilines is 1. The largest absolute Gasteiger partial charge is 0.396 e. The summed E-state index contributed by atoms with van der Waals surface area (Å²) in [5, 5.41) is 3.99. The van der Waals surface area contributed by atoms with Crippen LogP contribution in [0.2, 0.25) is 0 Å². The maximum absolute atomic E-state index is 5.49. The van der Waals surface area contributed by atoms with Gasteiger partial charge in [-0.3, -0.25) is 0 Å². The van der Waals surface area contributed by atoms with Crippen LogP contribution in [0.15, 0.2) is 12.4 Å². The summed E-state index contributed by atoms with van der Waals surface area (Å²) in [4.78, 5) is 0. The van der Waals surface area contributed by atoms with Gasteiger partial charge in [0.05, 0.1) is 18.1 Å². The van der Waals surface area contributed by atoms with E-state index in [-0.39, 0.29) is 6.29 Å². The smallest absolute Gasteiger partial charge is 0.160 e. The predicted molar refractivity (Wildman–Crippen MR) is 46.7 cm³/mol. The molecule has 0 saturated carbocycles. The first-order chi connectivity index (χ1) is 6.34. The molecule has 1 unspecified atom stereocenters. The van der Waals surface area contributed by atoms with Crippen molar-refractivity contribution in [3.05, 3.63) is 12.4 Å². The number of ether oxygens (including phenoxy) is 2. The number of nitrogens with zero attached hydrogens (tertiary/aromatic N) is 2. The molecular formula is C8H13N3O2. The molecule has 0 spiro atoms. The van der Waals surface area contributed by atoms with Crippen LogP contribution in [0.4, 0.5) is 5.69 Å². The highest BCUT2D eigenvalue weighted by Crippen LogP contribution is 2.13. The van der Waals surface area contributed by atoms with E-state index in [1.54, 1.807) is 17.1 Å². The second kappa shape index (κ2) is 3.76. The second-order valence-corrected chi connectivity index (χ2v) is 3.05. The van der Waals surface area contributed by atoms with E-state index in [2.05, 4.69) is 5.10 Å². The molecule has 1 aliphatic heterocycles. The number of nitrogen functional groups attached to an aromatic ring is 1. The van der Waals surface area contributed by atoms with Crippen LogP contribution in [0, 0.1) is 0 Å². The van der Waals surface area contributed by atoms with E-state index in [9.17, 15) is 0 Å². The van der Waals surface area contributed by atoms with Gasteiger partial charge in [0, 0.05) is 13.0 Å². The Morgan fingerprint density at radius 3 is 3.31 bits per heavy atom. The van der Waals surface area contributed by atoms with Crippen molar-refractivity contribution in [3.8, 4) is 0 Å². The van der Waals surface area contributed by atoms with Crippen LogP contribution in [-0.4, -0.2) is 22.7 Å². The van der Waals surface area contributed by atoms with Crippen molar-refractivity contribution in [2.24, 2.45) is 0 Å². The number of nitrogens with two attached hydrogens (primary N) is 1. The molecule has 0 aliphatic carbocycles. The van der Waals surface area contributed by atoms with Crippen molar-refractivity contribution in [1.29, 1.82) is 0 Å². The lowest BCUT2D eigenvalue weighted by Crippen LogP contribution is -2.13. The fraction of sp³-hybridized carbons (Fsp3) is 0.625. The SMILES string of the molecule is Nc1cnn(COC2CCCO2)c1. The molecule has 0 aromatic carbocycles. The molecule has 0 bridgehead atoms. The lowest BCUT2D eigenvalue weighted by Gasteiger charge is -2.10. The Morgan fingerprint density at radius 1 is 1.77 bits per heavy atom. The number of aromatic nitrogens is 2. The third-order valence-corrected chi connectivity index (χ3v) is 1.93. The fourth-order valence-corrected chi connectivity index (χ4v) is 1.29. The van der Waals surface area contributed by atoms with E-state index in [0.717, 1.165) is 19.4 Å². The van der Waals surface area contributed by atoms with Crippen molar-refractivity contribution in [3.63, 3.8) is 0 Å². The van der Waals surface area contributed by atoms with Crippen LogP contribution in [0.1, 0.15) is 12.8 Å². The van der Waals surface area contributed by atoms with E-state index in [4.69, 9.17) is 15.2 Å². The van der Waals surface area contributed by atoms with Crippen LogP contribution >= 0.6 is 0 Å². The van der Waals surface area contributed by atoms with E-state index in [0.29, 0.717) is 12.4 Å². The van der Waals surface area contributed by atoms with E-state index in [1.165, 1.54) is 0 Å². The first-order valence-corrected chi connectivity index (χ1v) is 4.36. The Labute approximate surface area is 76.4 Å². The maximum atomic E-state index is 5.49. The minimum atomic E-state index is -0.0644. The zero-order valence-corrected chi connectivity index (χ0v) is 7.35. The molecule has 0 radical (unpaired) electrons. The van der Waals surface area contributed by atoms with Crippen molar-refractivity contribution in [1.82, 2.24) is 9.78 Å². The van der Waals surface area contributed by atoms with Crippen molar-refractivity contribution >= 4 is 5.69 Å². The van der Waals surface area contributed by atoms with E-state index >= 15 is 0 Å². The predicted octanol–water partition coefficient (Wildman–Crippen LogP) is 0.576. The molecule has 0 amide bonds. The molecule has 1 aromatic rings. The molecule has 1 aromatic heterocycles. The van der Waals surface area contributed by atoms with Gasteiger partial charge in [0.25, 0.3) is 0 Å². The molecule has 1 atom stereocenters. The summed E-state index contributed by atoms with van der Waals surface area (Å²) >= 11 is 0. The van der Waals surface area contributed by atoms with Gasteiger partial charge in [-0.2, -0.15) is 5.10 Å². The first kappa shape index (κ1) is 8.52. The van der Waals surface area contributed by atoms with Gasteiger partial charge in [0.15, 0.2) is 6.29 Å². The fourth-order valence-electron chi connectivity index (χ4n) is 1.29. The summed E-state index contributed by atoms with van der Waals surface area (Å²) in [6, 6.07) is 0. The Kier molecular flexibility index (Phi) is 2.47. The molecule has 2 heterocycles. The van der Waals surface area contributed by atoms with Crippen LogP contribution in [0.3, 0.4) is 0 Å². The van der Waals surface area contributed by atoms with Crippen molar-refractivity contribution in [2.75, 3.05) is 12.3 Å². The summed E-state index contributed by atoms with van der Waals surface area (Å²) in [7, 11) is 0. The lowest BCUT2D eigenvalue weighted by molar-refractivity contribution is -0.136. The van der Waals surface area contributed by atoms with Gasteiger partial charge in [-0.25, -0.2) is 4.68 Å². The highest BCUT2D eigenvalue weighted by Gasteiger charge is 2.15. The minimum absolute atomic E-state index is 0.0644. The van der Waals surface area contributed by atoms with E-state index < -0.39 is 0 Å². The van der Waals surface area contributed by atoms with Crippen LogP contribution < -0.4 is 5.73 Å². The van der Waals surface area contributed by atoms with Gasteiger partial charge in [-0.05, 0) is 6.42 Å². The molecular weight excluding hydrogens is 170 g/mol. The molecule has 13 heavy (non-hydrogen) atoms. The molecule has 1 saturated heterocycles. The monoisotopic (exact) mass is 183 g/mol. The molecule has 1 fully saturated rings. The van der Waals surface area contributed by atoms with E-state index in [1.807, 2.05) is 0 Å². The van der Waals surface area contributed by atoms with Gasteiger partial charge in [-0.1, -0.05) is 0 Å². The van der Waals surface area contributed by atoms with Crippen LogP contribution in [0.5, 0.6) is 0 Å². The molecule has 72 valence electrons. The summed E-state index contributed by atoms with van der Waals surface area (Å²) in [5.41, 5.74) is 6.14. The minimum Gasteiger partial charge on any atom is -0.396 e. The molecule has 2 N–H and O–H groups in total. The zero-order valence-electron chi connectivity index (χ0n) is 7.35. The summed E-state index contributed by atoms with van der Waals surface area (Å²) < 4.78 is 12.4. The Balaban J connectivity index is 1.78. The number of rotatable bonds is 3. The maximum Gasteiger partial charge on any atom is 0.160 e. The average Bonchev–Trinajstić information content (AvgIpc) is 2.71. The van der Waals surface area contributed by atoms with Gasteiger partial charge in [-0.15, -0.1) is 0 Å². The Morgan fingerprint density at radius 2 is 2.69 bits per heavy atom. The van der Waals surface area contributed by atoms with Crippen molar-refractivity contribution in [2.45, 2.75) is 25.9 Å². The molecule has 5 heteroatoms. The topological polar surface area (TPSA) is 62.3 Å². The van der Waals surface area contributed by atoms with Crippen LogP contribution in [0.25, 0.3) is 0 Å². The highest BCUT2D eigenvalue weighted by molar-refractivity contribution is 5.30. The quantitative estimate of drug-likeness (QED) is 0.744. The second-order valence-electron chi connectivity index (χ2n) is 3.05. The third kappa shape index (κ3) is 2.19. The number of hydrogen-bond acceptors (Lipinski definition) is 4. The summed E-state index contributed by atoms with van der Waals surface area (Å²) in [5.74, 6) is 0. The van der Waals surface area contributed by atoms with Crippen LogP contribution in [-0.2, 0) is 16.2 Å². The molecule has 5 nitrogen and oxygen atoms in total. The summed E-state index contributed by atoms with van der Waals surface area (Å²) in [6.45, 7) is 1.20. The summed E-state index contributed by atoms with van der Waals surface area (Å²) in [6.07, 6.45) is 5.31. The Bertz CT molecular complexity index is 268. The van der Waals surface area contributed by atoms with Gasteiger partial charge >= 0.3 is 0 Å². The lowest BCUT2D eigenvalue weighted by atomic mass is 10.4. The van der Waals surface area contributed by atoms with Gasteiger partial charge in [0.1, 0.15) is 6.73 Å². The van der Waals surface area contributed by atoms with Gasteiger partial charge in [0.2, 0.25) is 0 Å². The zero-order chi connectivity index (χ0) is 9.10. The number of hydrogen-bond donors (Lipinski definition) is 1.